The molecular formula is C17H17N3O4S2. The Hall–Kier alpha value is -2.52. The number of nitrogens with zero attached hydrogens (tertiary/aromatic N) is 2. The van der Waals surface area contributed by atoms with Gasteiger partial charge >= 0.3 is 0 Å². The number of carbonyl (C=O) groups is 1. The normalized spacial score (nSPS) is 11.4. The number of rotatable bonds is 8. The average molecular weight is 391 g/mol. The van der Waals surface area contributed by atoms with Crippen molar-refractivity contribution in [1.82, 2.24) is 15.5 Å². The summed E-state index contributed by atoms with van der Waals surface area (Å²) < 4.78 is 29.6. The third-order valence-corrected chi connectivity index (χ3v) is 6.04. The lowest BCUT2D eigenvalue weighted by molar-refractivity contribution is -0.121. The molecule has 0 aliphatic heterocycles. The Kier molecular flexibility index (Phi) is 5.79. The van der Waals surface area contributed by atoms with Gasteiger partial charge in [0.25, 0.3) is 0 Å². The van der Waals surface area contributed by atoms with Gasteiger partial charge in [-0.25, -0.2) is 8.42 Å². The Morgan fingerprint density at radius 2 is 1.96 bits per heavy atom. The van der Waals surface area contributed by atoms with Crippen LogP contribution in [0.15, 0.2) is 57.3 Å². The zero-order chi connectivity index (χ0) is 18.4. The quantitative estimate of drug-likeness (QED) is 0.632. The minimum Gasteiger partial charge on any atom is -0.351 e. The number of carbonyl (C=O) groups excluding carboxylic acids is 1. The first-order chi connectivity index (χ1) is 12.5. The Bertz CT molecular complexity index is 951. The predicted molar refractivity (Wildman–Crippen MR) is 96.1 cm³/mol. The Balaban J connectivity index is 1.51. The molecule has 1 N–H and O–H groups in total. The van der Waals surface area contributed by atoms with Crippen molar-refractivity contribution in [2.45, 2.75) is 30.0 Å². The van der Waals surface area contributed by atoms with E-state index in [0.29, 0.717) is 6.54 Å². The van der Waals surface area contributed by atoms with Crippen molar-refractivity contribution in [1.29, 1.82) is 0 Å². The molecule has 0 unspecified atom stereocenters. The maximum Gasteiger partial charge on any atom is 0.227 e. The number of hydrogen-bond acceptors (Lipinski definition) is 7. The van der Waals surface area contributed by atoms with E-state index in [0.717, 1.165) is 4.88 Å². The summed E-state index contributed by atoms with van der Waals surface area (Å²) in [5, 5.41) is 8.45. The second-order valence-electron chi connectivity index (χ2n) is 5.53. The molecule has 2 aromatic heterocycles. The first-order valence-electron chi connectivity index (χ1n) is 7.91. The summed E-state index contributed by atoms with van der Waals surface area (Å²) in [4.78, 5) is 17.2. The number of benzene rings is 1. The maximum atomic E-state index is 12.3. The summed E-state index contributed by atoms with van der Waals surface area (Å²) >= 11 is 1.57. The fourth-order valence-electron chi connectivity index (χ4n) is 2.24. The van der Waals surface area contributed by atoms with Crippen molar-refractivity contribution in [3.8, 4) is 0 Å². The van der Waals surface area contributed by atoms with E-state index in [-0.39, 0.29) is 41.1 Å². The fourth-order valence-corrected chi connectivity index (χ4v) is 4.08. The Morgan fingerprint density at radius 1 is 1.15 bits per heavy atom. The van der Waals surface area contributed by atoms with E-state index in [2.05, 4.69) is 15.5 Å². The van der Waals surface area contributed by atoms with Crippen LogP contribution in [0, 0.1) is 0 Å². The van der Waals surface area contributed by atoms with Gasteiger partial charge < -0.3 is 9.84 Å². The van der Waals surface area contributed by atoms with Crippen LogP contribution in [0.5, 0.6) is 0 Å². The molecule has 0 aliphatic carbocycles. The lowest BCUT2D eigenvalue weighted by Gasteiger charge is -2.01. The highest BCUT2D eigenvalue weighted by Gasteiger charge is 2.19. The van der Waals surface area contributed by atoms with Crippen molar-refractivity contribution < 1.29 is 17.7 Å². The number of thiophene rings is 1. The molecular weight excluding hydrogens is 374 g/mol. The molecule has 0 saturated carbocycles. The average Bonchev–Trinajstić information content (AvgIpc) is 3.30. The molecule has 136 valence electrons. The van der Waals surface area contributed by atoms with E-state index >= 15 is 0 Å². The number of hydrogen-bond donors (Lipinski definition) is 1. The van der Waals surface area contributed by atoms with Crippen LogP contribution < -0.4 is 5.32 Å². The van der Waals surface area contributed by atoms with Gasteiger partial charge in [0.15, 0.2) is 15.7 Å². The number of aryl methyl sites for hydroxylation is 1. The van der Waals surface area contributed by atoms with Gasteiger partial charge in [0.1, 0.15) is 5.75 Å². The van der Waals surface area contributed by atoms with Crippen LogP contribution in [-0.2, 0) is 33.4 Å². The van der Waals surface area contributed by atoms with E-state index < -0.39 is 9.84 Å². The van der Waals surface area contributed by atoms with Crippen LogP contribution in [0.4, 0.5) is 0 Å². The van der Waals surface area contributed by atoms with Crippen LogP contribution in [-0.4, -0.2) is 24.5 Å². The van der Waals surface area contributed by atoms with E-state index in [1.807, 2.05) is 17.5 Å². The Labute approximate surface area is 155 Å². The van der Waals surface area contributed by atoms with Crippen LogP contribution in [0.25, 0.3) is 0 Å². The van der Waals surface area contributed by atoms with E-state index in [9.17, 15) is 13.2 Å². The van der Waals surface area contributed by atoms with E-state index in [4.69, 9.17) is 4.52 Å². The largest absolute Gasteiger partial charge is 0.351 e. The first kappa shape index (κ1) is 18.3. The van der Waals surface area contributed by atoms with Gasteiger partial charge in [-0.2, -0.15) is 4.98 Å². The number of nitrogens with one attached hydrogen (secondary N) is 1. The molecule has 1 aromatic carbocycles. The van der Waals surface area contributed by atoms with Gasteiger partial charge in [-0.1, -0.05) is 29.4 Å². The molecule has 9 heteroatoms. The monoisotopic (exact) mass is 391 g/mol. The van der Waals surface area contributed by atoms with Gasteiger partial charge in [-0.15, -0.1) is 11.3 Å². The minimum absolute atomic E-state index is 0.0860. The van der Waals surface area contributed by atoms with E-state index in [1.54, 1.807) is 29.5 Å². The van der Waals surface area contributed by atoms with Gasteiger partial charge in [0, 0.05) is 17.7 Å². The molecule has 1 amide bonds. The van der Waals surface area contributed by atoms with Gasteiger partial charge in [-0.05, 0) is 23.6 Å². The standard InChI is InChI=1S/C17H17N3O4S2/c21-16(18-11-13-5-4-10-25-13)8-9-17-19-15(20-24-17)12-26(22,23)14-6-2-1-3-7-14/h1-7,10H,8-9,11-12H2,(H,18,21). The third-order valence-electron chi connectivity index (χ3n) is 3.54. The molecule has 0 aliphatic rings. The fraction of sp³-hybridized carbons (Fsp3) is 0.235. The topological polar surface area (TPSA) is 102 Å². The van der Waals surface area contributed by atoms with Crippen molar-refractivity contribution in [2.75, 3.05) is 0 Å². The number of aromatic nitrogens is 2. The van der Waals surface area contributed by atoms with Crippen LogP contribution in [0.1, 0.15) is 23.0 Å². The van der Waals surface area contributed by atoms with Crippen LogP contribution in [0.2, 0.25) is 0 Å². The molecule has 0 saturated heterocycles. The summed E-state index contributed by atoms with van der Waals surface area (Å²) in [6.07, 6.45) is 0.451. The molecule has 0 bridgehead atoms. The van der Waals surface area contributed by atoms with Gasteiger partial charge in [0.2, 0.25) is 11.8 Å². The molecule has 0 fully saturated rings. The molecule has 0 atom stereocenters. The summed E-state index contributed by atoms with van der Waals surface area (Å²) in [5.41, 5.74) is 0. The van der Waals surface area contributed by atoms with Crippen molar-refractivity contribution in [2.24, 2.45) is 0 Å². The van der Waals surface area contributed by atoms with Gasteiger partial charge in [-0.3, -0.25) is 4.79 Å². The molecule has 3 rings (SSSR count). The van der Waals surface area contributed by atoms with E-state index in [1.165, 1.54) is 12.1 Å². The van der Waals surface area contributed by atoms with Gasteiger partial charge in [0.05, 0.1) is 11.4 Å². The molecule has 0 radical (unpaired) electrons. The zero-order valence-electron chi connectivity index (χ0n) is 13.8. The SMILES string of the molecule is O=C(CCc1nc(CS(=O)(=O)c2ccccc2)no1)NCc1cccs1. The summed E-state index contributed by atoms with van der Waals surface area (Å²) in [7, 11) is -3.53. The highest BCUT2D eigenvalue weighted by Crippen LogP contribution is 2.15. The minimum atomic E-state index is -3.53. The van der Waals surface area contributed by atoms with Crippen molar-refractivity contribution >= 4 is 27.1 Å². The third kappa shape index (κ3) is 4.99. The van der Waals surface area contributed by atoms with Crippen molar-refractivity contribution in [3.05, 3.63) is 64.4 Å². The summed E-state index contributed by atoms with van der Waals surface area (Å²) in [6, 6.07) is 12.0. The zero-order valence-corrected chi connectivity index (χ0v) is 15.4. The number of amides is 1. The Morgan fingerprint density at radius 3 is 2.69 bits per heavy atom. The second kappa shape index (κ2) is 8.24. The molecule has 3 aromatic rings. The lowest BCUT2D eigenvalue weighted by atomic mass is 10.3. The molecule has 7 nitrogen and oxygen atoms in total. The lowest BCUT2D eigenvalue weighted by Crippen LogP contribution is -2.22. The number of sulfone groups is 1. The van der Waals surface area contributed by atoms with Crippen molar-refractivity contribution in [3.63, 3.8) is 0 Å². The molecule has 26 heavy (non-hydrogen) atoms. The maximum absolute atomic E-state index is 12.3. The second-order valence-corrected chi connectivity index (χ2v) is 8.55. The smallest absolute Gasteiger partial charge is 0.227 e. The first-order valence-corrected chi connectivity index (χ1v) is 10.4. The molecule has 2 heterocycles. The predicted octanol–water partition coefficient (Wildman–Crippen LogP) is 2.35. The highest BCUT2D eigenvalue weighted by molar-refractivity contribution is 7.90. The van der Waals surface area contributed by atoms with Crippen LogP contribution >= 0.6 is 11.3 Å². The highest BCUT2D eigenvalue weighted by atomic mass is 32.2. The summed E-state index contributed by atoms with van der Waals surface area (Å²) in [5.74, 6) is -0.141. The van der Waals surface area contributed by atoms with Crippen LogP contribution in [0.3, 0.4) is 0 Å². The molecule has 0 spiro atoms. The summed E-state index contributed by atoms with van der Waals surface area (Å²) in [6.45, 7) is 0.487.